The lowest BCUT2D eigenvalue weighted by Crippen LogP contribution is -2.49. The normalized spacial score (nSPS) is 23.1. The van der Waals surface area contributed by atoms with E-state index in [4.69, 9.17) is 0 Å². The number of carbonyl (C=O) groups is 1. The molecule has 0 aromatic heterocycles. The van der Waals surface area contributed by atoms with Crippen LogP contribution in [0.5, 0.6) is 0 Å². The van der Waals surface area contributed by atoms with Crippen LogP contribution in [0.2, 0.25) is 0 Å². The van der Waals surface area contributed by atoms with Crippen molar-refractivity contribution in [2.24, 2.45) is 0 Å². The molecule has 1 amide bonds. The second-order valence-corrected chi connectivity index (χ2v) is 5.39. The number of piperidine rings is 1. The Labute approximate surface area is 115 Å². The minimum atomic E-state index is -0.0162. The summed E-state index contributed by atoms with van der Waals surface area (Å²) in [5.41, 5.74) is 2.54. The van der Waals surface area contributed by atoms with Gasteiger partial charge in [-0.05, 0) is 43.7 Å². The molecule has 1 aromatic rings. The van der Waals surface area contributed by atoms with Gasteiger partial charge in [0.05, 0.1) is 6.04 Å². The molecular formula is C16H24N2O. The van der Waals surface area contributed by atoms with Gasteiger partial charge in [0.25, 0.3) is 0 Å². The van der Waals surface area contributed by atoms with Gasteiger partial charge in [-0.15, -0.1) is 0 Å². The monoisotopic (exact) mass is 260 g/mol. The number of aryl methyl sites for hydroxylation is 1. The Morgan fingerprint density at radius 3 is 2.74 bits per heavy atom. The Kier molecular flexibility index (Phi) is 4.97. The number of hydrogen-bond donors (Lipinski definition) is 2. The Hall–Kier alpha value is -1.35. The van der Waals surface area contributed by atoms with E-state index in [0.29, 0.717) is 12.6 Å². The van der Waals surface area contributed by atoms with Crippen molar-refractivity contribution in [3.63, 3.8) is 0 Å². The van der Waals surface area contributed by atoms with E-state index < -0.39 is 0 Å². The first-order chi connectivity index (χ1) is 9.20. The summed E-state index contributed by atoms with van der Waals surface area (Å²) in [5, 5.41) is 6.43. The summed E-state index contributed by atoms with van der Waals surface area (Å²) < 4.78 is 0. The van der Waals surface area contributed by atoms with Crippen molar-refractivity contribution in [3.05, 3.63) is 35.4 Å². The minimum Gasteiger partial charge on any atom is -0.351 e. The lowest BCUT2D eigenvalue weighted by atomic mass is 9.99. The molecule has 0 radical (unpaired) electrons. The lowest BCUT2D eigenvalue weighted by Gasteiger charge is -2.27. The molecule has 1 aliphatic rings. The van der Waals surface area contributed by atoms with Gasteiger partial charge in [0.1, 0.15) is 0 Å². The molecule has 104 valence electrons. The molecule has 1 aromatic carbocycles. The first-order valence-electron chi connectivity index (χ1n) is 7.31. The van der Waals surface area contributed by atoms with Gasteiger partial charge < -0.3 is 10.6 Å². The zero-order valence-corrected chi connectivity index (χ0v) is 11.9. The van der Waals surface area contributed by atoms with Crippen LogP contribution in [0.4, 0.5) is 0 Å². The van der Waals surface area contributed by atoms with E-state index in [1.807, 2.05) is 6.07 Å². The summed E-state index contributed by atoms with van der Waals surface area (Å²) in [7, 11) is 0. The summed E-state index contributed by atoms with van der Waals surface area (Å²) in [6.07, 6.45) is 4.26. The third kappa shape index (κ3) is 3.80. The summed E-state index contributed by atoms with van der Waals surface area (Å²) in [6.45, 7) is 4.92. The van der Waals surface area contributed by atoms with Gasteiger partial charge in [0.15, 0.2) is 0 Å². The minimum absolute atomic E-state index is 0.0162. The van der Waals surface area contributed by atoms with E-state index in [9.17, 15) is 4.79 Å². The van der Waals surface area contributed by atoms with E-state index in [1.165, 1.54) is 17.5 Å². The van der Waals surface area contributed by atoms with Crippen molar-refractivity contribution >= 4 is 5.91 Å². The van der Waals surface area contributed by atoms with Crippen molar-refractivity contribution in [3.8, 4) is 0 Å². The van der Waals surface area contributed by atoms with E-state index >= 15 is 0 Å². The average Bonchev–Trinajstić information content (AvgIpc) is 2.45. The Bertz CT molecular complexity index is 431. The number of amides is 1. The van der Waals surface area contributed by atoms with Gasteiger partial charge in [-0.3, -0.25) is 4.79 Å². The molecule has 1 aliphatic heterocycles. The van der Waals surface area contributed by atoms with Gasteiger partial charge in [-0.1, -0.05) is 31.2 Å². The smallest absolute Gasteiger partial charge is 0.237 e. The van der Waals surface area contributed by atoms with Crippen LogP contribution in [-0.4, -0.2) is 18.0 Å². The second-order valence-electron chi connectivity index (χ2n) is 5.39. The number of carbonyl (C=O) groups excluding carboxylic acids is 1. The molecule has 2 unspecified atom stereocenters. The molecule has 2 atom stereocenters. The van der Waals surface area contributed by atoms with Crippen LogP contribution in [0.15, 0.2) is 24.3 Å². The third-order valence-electron chi connectivity index (χ3n) is 3.88. The number of nitrogens with one attached hydrogen (secondary N) is 2. The quantitative estimate of drug-likeness (QED) is 0.873. The molecule has 1 fully saturated rings. The Morgan fingerprint density at radius 2 is 2.05 bits per heavy atom. The van der Waals surface area contributed by atoms with Gasteiger partial charge >= 0.3 is 0 Å². The lowest BCUT2D eigenvalue weighted by molar-refractivity contribution is -0.124. The molecule has 1 heterocycles. The second kappa shape index (κ2) is 6.71. The summed E-state index contributed by atoms with van der Waals surface area (Å²) in [6, 6.07) is 8.74. The highest BCUT2D eigenvalue weighted by Gasteiger charge is 2.23. The van der Waals surface area contributed by atoms with Crippen LogP contribution >= 0.6 is 0 Å². The van der Waals surface area contributed by atoms with Crippen LogP contribution in [0.25, 0.3) is 0 Å². The topological polar surface area (TPSA) is 41.1 Å². The van der Waals surface area contributed by atoms with E-state index in [2.05, 4.69) is 42.7 Å². The first-order valence-corrected chi connectivity index (χ1v) is 7.31. The molecule has 1 saturated heterocycles. The van der Waals surface area contributed by atoms with Crippen molar-refractivity contribution in [1.82, 2.24) is 10.6 Å². The molecule has 0 bridgehead atoms. The molecule has 2 rings (SSSR count). The Balaban J connectivity index is 1.89. The third-order valence-corrected chi connectivity index (χ3v) is 3.88. The molecule has 2 N–H and O–H groups in total. The molecule has 0 aliphatic carbocycles. The predicted molar refractivity (Wildman–Crippen MR) is 77.9 cm³/mol. The van der Waals surface area contributed by atoms with Crippen LogP contribution in [-0.2, 0) is 17.8 Å². The fourth-order valence-electron chi connectivity index (χ4n) is 2.73. The number of hydrogen-bond acceptors (Lipinski definition) is 2. The predicted octanol–water partition coefficient (Wildman–Crippen LogP) is 2.40. The highest BCUT2D eigenvalue weighted by molar-refractivity contribution is 5.81. The molecule has 3 heteroatoms. The highest BCUT2D eigenvalue weighted by atomic mass is 16.2. The zero-order chi connectivity index (χ0) is 13.7. The SMILES string of the molecule is CCc1ccccc1CNC(=O)C1CCCC(C)N1. The summed E-state index contributed by atoms with van der Waals surface area (Å²) in [4.78, 5) is 12.1. The van der Waals surface area contributed by atoms with Crippen LogP contribution in [0, 0.1) is 0 Å². The Morgan fingerprint density at radius 1 is 1.32 bits per heavy atom. The van der Waals surface area contributed by atoms with Crippen LogP contribution in [0.3, 0.4) is 0 Å². The van der Waals surface area contributed by atoms with Crippen molar-refractivity contribution < 1.29 is 4.79 Å². The first kappa shape index (κ1) is 14.1. The van der Waals surface area contributed by atoms with Gasteiger partial charge in [0.2, 0.25) is 5.91 Å². The van der Waals surface area contributed by atoms with Gasteiger partial charge in [-0.2, -0.15) is 0 Å². The standard InChI is InChI=1S/C16H24N2O/c1-3-13-8-4-5-9-14(13)11-17-16(19)15-10-6-7-12(2)18-15/h4-5,8-9,12,15,18H,3,6-7,10-11H2,1-2H3,(H,17,19). The zero-order valence-electron chi connectivity index (χ0n) is 11.9. The van der Waals surface area contributed by atoms with Gasteiger partial charge in [-0.25, -0.2) is 0 Å². The maximum Gasteiger partial charge on any atom is 0.237 e. The van der Waals surface area contributed by atoms with E-state index in [-0.39, 0.29) is 11.9 Å². The van der Waals surface area contributed by atoms with Crippen molar-refractivity contribution in [2.75, 3.05) is 0 Å². The average molecular weight is 260 g/mol. The van der Waals surface area contributed by atoms with E-state index in [0.717, 1.165) is 19.3 Å². The largest absolute Gasteiger partial charge is 0.351 e. The summed E-state index contributed by atoms with van der Waals surface area (Å²) in [5.74, 6) is 0.137. The fourth-order valence-corrected chi connectivity index (χ4v) is 2.73. The van der Waals surface area contributed by atoms with Crippen molar-refractivity contribution in [1.29, 1.82) is 0 Å². The maximum absolute atomic E-state index is 12.1. The van der Waals surface area contributed by atoms with Crippen LogP contribution in [0.1, 0.15) is 44.2 Å². The van der Waals surface area contributed by atoms with Crippen LogP contribution < -0.4 is 10.6 Å². The van der Waals surface area contributed by atoms with Gasteiger partial charge in [0, 0.05) is 12.6 Å². The molecule has 0 spiro atoms. The van der Waals surface area contributed by atoms with Crippen molar-refractivity contribution in [2.45, 2.75) is 58.2 Å². The summed E-state index contributed by atoms with van der Waals surface area (Å²) >= 11 is 0. The highest BCUT2D eigenvalue weighted by Crippen LogP contribution is 2.13. The molecule has 3 nitrogen and oxygen atoms in total. The van der Waals surface area contributed by atoms with E-state index in [1.54, 1.807) is 0 Å². The molecule has 0 saturated carbocycles. The fraction of sp³-hybridized carbons (Fsp3) is 0.562. The maximum atomic E-state index is 12.1. The molecular weight excluding hydrogens is 236 g/mol. The molecule has 19 heavy (non-hydrogen) atoms. The number of rotatable bonds is 4. The number of benzene rings is 1.